The maximum absolute atomic E-state index is 13.0. The van der Waals surface area contributed by atoms with Crippen LogP contribution in [0, 0.1) is 0 Å². The van der Waals surface area contributed by atoms with Gasteiger partial charge in [-0.3, -0.25) is 4.79 Å². The molecule has 3 rings (SSSR count). The highest BCUT2D eigenvalue weighted by Crippen LogP contribution is 2.26. The molecule has 0 aliphatic carbocycles. The van der Waals surface area contributed by atoms with Crippen molar-refractivity contribution in [3.8, 4) is 5.75 Å². The third-order valence-electron chi connectivity index (χ3n) is 4.76. The molecule has 2 fully saturated rings. The second-order valence-corrected chi connectivity index (χ2v) is 7.27. The van der Waals surface area contributed by atoms with Gasteiger partial charge in [0.2, 0.25) is 0 Å². The lowest BCUT2D eigenvalue weighted by Gasteiger charge is -2.34. The standard InChI is InChI=1S/C18H25ClN2O4/c1-24-16-5-4-14(19)10-15(16)17(22)21-8-9-25-13-18(23,12-21)11-20-6-2-3-7-20/h4-5,10,23H,2-3,6-9,11-13H2,1H3/t18-/m0/s1. The third kappa shape index (κ3) is 4.44. The number of amides is 1. The van der Waals surface area contributed by atoms with Crippen LogP contribution in [-0.2, 0) is 4.74 Å². The molecule has 1 amide bonds. The lowest BCUT2D eigenvalue weighted by molar-refractivity contribution is -0.0524. The van der Waals surface area contributed by atoms with E-state index < -0.39 is 5.60 Å². The number of rotatable bonds is 4. The monoisotopic (exact) mass is 368 g/mol. The van der Waals surface area contributed by atoms with Crippen molar-refractivity contribution in [1.29, 1.82) is 0 Å². The zero-order valence-corrected chi connectivity index (χ0v) is 15.3. The zero-order chi connectivity index (χ0) is 17.9. The Labute approximate surface area is 153 Å². The Hall–Kier alpha value is -1.34. The lowest BCUT2D eigenvalue weighted by atomic mass is 10.0. The highest BCUT2D eigenvalue weighted by molar-refractivity contribution is 6.31. The summed E-state index contributed by atoms with van der Waals surface area (Å²) < 4.78 is 10.9. The van der Waals surface area contributed by atoms with Crippen LogP contribution in [0.3, 0.4) is 0 Å². The summed E-state index contributed by atoms with van der Waals surface area (Å²) in [6.45, 7) is 3.78. The molecular formula is C18H25ClN2O4. The number of benzene rings is 1. The fourth-order valence-corrected chi connectivity index (χ4v) is 3.73. The Morgan fingerprint density at radius 1 is 1.36 bits per heavy atom. The summed E-state index contributed by atoms with van der Waals surface area (Å²) in [7, 11) is 1.52. The van der Waals surface area contributed by atoms with E-state index in [-0.39, 0.29) is 19.1 Å². The second-order valence-electron chi connectivity index (χ2n) is 6.83. The number of aliphatic hydroxyl groups is 1. The Balaban J connectivity index is 1.78. The van der Waals surface area contributed by atoms with Gasteiger partial charge in [-0.05, 0) is 44.1 Å². The number of methoxy groups -OCH3 is 1. The average Bonchev–Trinajstić information content (AvgIpc) is 3.01. The maximum Gasteiger partial charge on any atom is 0.257 e. The van der Waals surface area contributed by atoms with Gasteiger partial charge in [0.05, 0.1) is 32.4 Å². The molecule has 138 valence electrons. The van der Waals surface area contributed by atoms with Gasteiger partial charge in [0.1, 0.15) is 11.4 Å². The van der Waals surface area contributed by atoms with E-state index in [0.29, 0.717) is 36.0 Å². The summed E-state index contributed by atoms with van der Waals surface area (Å²) in [5.74, 6) is 0.271. The zero-order valence-electron chi connectivity index (χ0n) is 14.5. The van der Waals surface area contributed by atoms with E-state index in [1.165, 1.54) is 7.11 Å². The van der Waals surface area contributed by atoms with Crippen LogP contribution >= 0.6 is 11.6 Å². The van der Waals surface area contributed by atoms with Gasteiger partial charge in [-0.25, -0.2) is 0 Å². The largest absolute Gasteiger partial charge is 0.496 e. The Kier molecular flexibility index (Phi) is 5.84. The van der Waals surface area contributed by atoms with Gasteiger partial charge in [-0.2, -0.15) is 0 Å². The van der Waals surface area contributed by atoms with E-state index in [9.17, 15) is 9.90 Å². The number of carbonyl (C=O) groups excluding carboxylic acids is 1. The number of hydrogen-bond acceptors (Lipinski definition) is 5. The van der Waals surface area contributed by atoms with Crippen molar-refractivity contribution in [2.75, 3.05) is 53.0 Å². The third-order valence-corrected chi connectivity index (χ3v) is 4.99. The van der Waals surface area contributed by atoms with Crippen LogP contribution in [0.25, 0.3) is 0 Å². The van der Waals surface area contributed by atoms with Gasteiger partial charge in [-0.15, -0.1) is 0 Å². The predicted molar refractivity (Wildman–Crippen MR) is 95.4 cm³/mol. The second kappa shape index (κ2) is 7.91. The van der Waals surface area contributed by atoms with Crippen molar-refractivity contribution < 1.29 is 19.4 Å². The Morgan fingerprint density at radius 2 is 2.12 bits per heavy atom. The minimum Gasteiger partial charge on any atom is -0.496 e. The quantitative estimate of drug-likeness (QED) is 0.875. The van der Waals surface area contributed by atoms with Crippen molar-refractivity contribution in [3.63, 3.8) is 0 Å². The molecule has 0 radical (unpaired) electrons. The number of hydrogen-bond donors (Lipinski definition) is 1. The molecule has 0 saturated carbocycles. The molecule has 1 aromatic carbocycles. The molecular weight excluding hydrogens is 344 g/mol. The summed E-state index contributed by atoms with van der Waals surface area (Å²) in [5.41, 5.74) is -0.664. The highest BCUT2D eigenvalue weighted by Gasteiger charge is 2.37. The lowest BCUT2D eigenvalue weighted by Crippen LogP contribution is -2.53. The smallest absolute Gasteiger partial charge is 0.257 e. The van der Waals surface area contributed by atoms with E-state index >= 15 is 0 Å². The van der Waals surface area contributed by atoms with Crippen molar-refractivity contribution in [3.05, 3.63) is 28.8 Å². The van der Waals surface area contributed by atoms with Crippen LogP contribution in [-0.4, -0.2) is 79.5 Å². The maximum atomic E-state index is 13.0. The van der Waals surface area contributed by atoms with Crippen molar-refractivity contribution in [2.45, 2.75) is 18.4 Å². The predicted octanol–water partition coefficient (Wildman–Crippen LogP) is 1.65. The summed E-state index contributed by atoms with van der Waals surface area (Å²) in [4.78, 5) is 16.9. The fourth-order valence-electron chi connectivity index (χ4n) is 3.56. The molecule has 25 heavy (non-hydrogen) atoms. The minimum absolute atomic E-state index is 0.204. The molecule has 0 spiro atoms. The van der Waals surface area contributed by atoms with E-state index in [1.807, 2.05) is 0 Å². The normalized spacial score (nSPS) is 25.0. The molecule has 0 aromatic heterocycles. The van der Waals surface area contributed by atoms with Crippen LogP contribution in [0.5, 0.6) is 5.75 Å². The number of halogens is 1. The number of carbonyl (C=O) groups is 1. The molecule has 2 aliphatic rings. The van der Waals surface area contributed by atoms with Crippen LogP contribution in [0.4, 0.5) is 0 Å². The van der Waals surface area contributed by atoms with Crippen molar-refractivity contribution >= 4 is 17.5 Å². The van der Waals surface area contributed by atoms with E-state index in [0.717, 1.165) is 25.9 Å². The number of nitrogens with zero attached hydrogens (tertiary/aromatic N) is 2. The molecule has 1 atom stereocenters. The van der Waals surface area contributed by atoms with Crippen LogP contribution < -0.4 is 4.74 Å². The Bertz CT molecular complexity index is 621. The molecule has 1 N–H and O–H groups in total. The molecule has 1 aromatic rings. The molecule has 6 nitrogen and oxygen atoms in total. The van der Waals surface area contributed by atoms with E-state index in [4.69, 9.17) is 21.1 Å². The van der Waals surface area contributed by atoms with Gasteiger partial charge < -0.3 is 24.4 Å². The van der Waals surface area contributed by atoms with E-state index in [1.54, 1.807) is 23.1 Å². The van der Waals surface area contributed by atoms with Gasteiger partial charge >= 0.3 is 0 Å². The van der Waals surface area contributed by atoms with Crippen molar-refractivity contribution in [2.24, 2.45) is 0 Å². The molecule has 2 aliphatic heterocycles. The first-order valence-electron chi connectivity index (χ1n) is 8.66. The van der Waals surface area contributed by atoms with Crippen molar-refractivity contribution in [1.82, 2.24) is 9.80 Å². The number of likely N-dealkylation sites (tertiary alicyclic amines) is 1. The molecule has 0 bridgehead atoms. The molecule has 2 heterocycles. The van der Waals surface area contributed by atoms with E-state index in [2.05, 4.69) is 4.90 Å². The fraction of sp³-hybridized carbons (Fsp3) is 0.611. The summed E-state index contributed by atoms with van der Waals surface area (Å²) >= 11 is 6.05. The first-order valence-corrected chi connectivity index (χ1v) is 9.04. The van der Waals surface area contributed by atoms with Crippen LogP contribution in [0.15, 0.2) is 18.2 Å². The minimum atomic E-state index is -1.07. The first kappa shape index (κ1) is 18.5. The highest BCUT2D eigenvalue weighted by atomic mass is 35.5. The SMILES string of the molecule is COc1ccc(Cl)cc1C(=O)N1CCOC[C@](O)(CN2CCCC2)C1. The van der Waals surface area contributed by atoms with Crippen LogP contribution in [0.1, 0.15) is 23.2 Å². The van der Waals surface area contributed by atoms with Gasteiger partial charge in [0.15, 0.2) is 0 Å². The average molecular weight is 369 g/mol. The van der Waals surface area contributed by atoms with Crippen LogP contribution in [0.2, 0.25) is 5.02 Å². The Morgan fingerprint density at radius 3 is 2.84 bits per heavy atom. The summed E-state index contributed by atoms with van der Waals surface area (Å²) in [6.07, 6.45) is 2.30. The molecule has 0 unspecified atom stereocenters. The summed E-state index contributed by atoms with van der Waals surface area (Å²) in [6, 6.07) is 4.97. The molecule has 7 heteroatoms. The molecule has 2 saturated heterocycles. The van der Waals surface area contributed by atoms with Gasteiger partial charge in [0, 0.05) is 18.1 Å². The number of β-amino-alcohol motifs (C(OH)–C–C–N with tert-alkyl or cyclic N) is 1. The van der Waals surface area contributed by atoms with Gasteiger partial charge in [-0.1, -0.05) is 11.6 Å². The number of ether oxygens (including phenoxy) is 2. The van der Waals surface area contributed by atoms with Gasteiger partial charge in [0.25, 0.3) is 5.91 Å². The summed E-state index contributed by atoms with van der Waals surface area (Å²) in [5, 5.41) is 11.5. The first-order chi connectivity index (χ1) is 12.0. The topological polar surface area (TPSA) is 62.2 Å².